The number of benzene rings is 1. The molecule has 17 heavy (non-hydrogen) atoms. The highest BCUT2D eigenvalue weighted by Crippen LogP contribution is 2.23. The Balaban J connectivity index is 2.21. The van der Waals surface area contributed by atoms with Gasteiger partial charge in [0.15, 0.2) is 0 Å². The highest BCUT2D eigenvalue weighted by Gasteiger charge is 2.45. The lowest BCUT2D eigenvalue weighted by molar-refractivity contribution is -0.125. The summed E-state index contributed by atoms with van der Waals surface area (Å²) in [6.45, 7) is 3.84. The molecule has 1 aliphatic heterocycles. The molecule has 0 saturated carbocycles. The number of halogens is 1. The number of nitrogens with one attached hydrogen (secondary N) is 1. The molecule has 0 radical (unpaired) electrons. The van der Waals surface area contributed by atoms with E-state index in [0.29, 0.717) is 11.6 Å². The van der Waals surface area contributed by atoms with E-state index in [9.17, 15) is 9.59 Å². The van der Waals surface area contributed by atoms with Gasteiger partial charge in [-0.3, -0.25) is 10.1 Å². The maximum Gasteiger partial charge on any atom is 0.325 e. The number of urea groups is 1. The van der Waals surface area contributed by atoms with E-state index >= 15 is 0 Å². The Morgan fingerprint density at radius 1 is 1.24 bits per heavy atom. The lowest BCUT2D eigenvalue weighted by atomic mass is 10.0. The van der Waals surface area contributed by atoms with E-state index in [1.165, 1.54) is 4.90 Å². The first-order valence-electron chi connectivity index (χ1n) is 5.29. The fourth-order valence-corrected chi connectivity index (χ4v) is 1.86. The predicted molar refractivity (Wildman–Crippen MR) is 64.6 cm³/mol. The van der Waals surface area contributed by atoms with Crippen molar-refractivity contribution in [1.82, 2.24) is 10.2 Å². The number of hydrogen-bond donors (Lipinski definition) is 1. The van der Waals surface area contributed by atoms with Gasteiger partial charge in [0.25, 0.3) is 5.91 Å². The van der Waals surface area contributed by atoms with E-state index in [0.717, 1.165) is 5.56 Å². The first-order valence-corrected chi connectivity index (χ1v) is 5.66. The Bertz CT molecular complexity index is 468. The van der Waals surface area contributed by atoms with Crippen molar-refractivity contribution in [3.05, 3.63) is 34.9 Å². The third kappa shape index (κ3) is 2.13. The van der Waals surface area contributed by atoms with Crippen LogP contribution in [0.15, 0.2) is 24.3 Å². The van der Waals surface area contributed by atoms with Crippen LogP contribution < -0.4 is 5.32 Å². The van der Waals surface area contributed by atoms with Crippen LogP contribution in [0.3, 0.4) is 0 Å². The maximum atomic E-state index is 11.6. The summed E-state index contributed by atoms with van der Waals surface area (Å²) in [5.74, 6) is -0.267. The Morgan fingerprint density at radius 2 is 1.82 bits per heavy atom. The molecule has 0 atom stereocenters. The van der Waals surface area contributed by atoms with E-state index in [1.54, 1.807) is 26.0 Å². The Morgan fingerprint density at radius 3 is 2.29 bits per heavy atom. The minimum atomic E-state index is -0.809. The maximum absolute atomic E-state index is 11.6. The smallest absolute Gasteiger partial charge is 0.306 e. The van der Waals surface area contributed by atoms with Crippen molar-refractivity contribution in [2.24, 2.45) is 0 Å². The minimum absolute atomic E-state index is 0.267. The molecule has 1 aromatic rings. The molecule has 1 fully saturated rings. The molecule has 1 aliphatic rings. The number of carbonyl (C=O) groups is 2. The zero-order valence-electron chi connectivity index (χ0n) is 9.66. The van der Waals surface area contributed by atoms with Crippen LogP contribution in [0.2, 0.25) is 5.02 Å². The third-order valence-corrected chi connectivity index (χ3v) is 3.20. The normalized spacial score (nSPS) is 18.4. The van der Waals surface area contributed by atoms with Gasteiger partial charge in [-0.15, -0.1) is 0 Å². The topological polar surface area (TPSA) is 49.4 Å². The van der Waals surface area contributed by atoms with E-state index in [2.05, 4.69) is 5.32 Å². The predicted octanol–water partition coefficient (Wildman–Crippen LogP) is 2.17. The molecular weight excluding hydrogens is 240 g/mol. The van der Waals surface area contributed by atoms with Crippen LogP contribution in [0.4, 0.5) is 4.79 Å². The lowest BCUT2D eigenvalue weighted by Crippen LogP contribution is -2.43. The van der Waals surface area contributed by atoms with Crippen LogP contribution in [0.1, 0.15) is 19.4 Å². The van der Waals surface area contributed by atoms with Crippen molar-refractivity contribution in [1.29, 1.82) is 0 Å². The zero-order chi connectivity index (χ0) is 12.6. The summed E-state index contributed by atoms with van der Waals surface area (Å²) in [5.41, 5.74) is 0.129. The lowest BCUT2D eigenvalue weighted by Gasteiger charge is -2.27. The number of nitrogens with zero attached hydrogens (tertiary/aromatic N) is 1. The van der Waals surface area contributed by atoms with Gasteiger partial charge >= 0.3 is 6.03 Å². The summed E-state index contributed by atoms with van der Waals surface area (Å²) in [4.78, 5) is 24.7. The monoisotopic (exact) mass is 252 g/mol. The molecule has 1 aromatic carbocycles. The molecule has 1 N–H and O–H groups in total. The Labute approximate surface area is 105 Å². The molecule has 90 valence electrons. The molecule has 3 amide bonds. The van der Waals surface area contributed by atoms with Gasteiger partial charge in [0.1, 0.15) is 5.54 Å². The van der Waals surface area contributed by atoms with E-state index < -0.39 is 5.54 Å². The van der Waals surface area contributed by atoms with Crippen molar-refractivity contribution in [2.45, 2.75) is 25.9 Å². The van der Waals surface area contributed by atoms with Crippen LogP contribution in [0.25, 0.3) is 0 Å². The molecule has 0 unspecified atom stereocenters. The molecule has 0 bridgehead atoms. The number of imide groups is 1. The first-order chi connectivity index (χ1) is 7.91. The molecular formula is C12H13ClN2O2. The first kappa shape index (κ1) is 11.9. The second kappa shape index (κ2) is 4.04. The highest BCUT2D eigenvalue weighted by atomic mass is 35.5. The van der Waals surface area contributed by atoms with Gasteiger partial charge in [-0.05, 0) is 31.5 Å². The van der Waals surface area contributed by atoms with E-state index in [-0.39, 0.29) is 11.9 Å². The van der Waals surface area contributed by atoms with Gasteiger partial charge in [0, 0.05) is 11.6 Å². The van der Waals surface area contributed by atoms with Gasteiger partial charge < -0.3 is 4.90 Å². The SMILES string of the molecule is CC1(C)C(=O)NC(=O)N1Cc1ccc(Cl)cc1. The molecule has 2 rings (SSSR count). The van der Waals surface area contributed by atoms with Crippen molar-refractivity contribution >= 4 is 23.5 Å². The van der Waals surface area contributed by atoms with Crippen LogP contribution in [-0.4, -0.2) is 22.4 Å². The summed E-state index contributed by atoms with van der Waals surface area (Å²) < 4.78 is 0. The molecule has 0 aromatic heterocycles. The second-order valence-electron chi connectivity index (χ2n) is 4.53. The Kier molecular flexibility index (Phi) is 2.83. The van der Waals surface area contributed by atoms with Gasteiger partial charge in [-0.25, -0.2) is 4.79 Å². The van der Waals surface area contributed by atoms with Crippen molar-refractivity contribution in [2.75, 3.05) is 0 Å². The van der Waals surface area contributed by atoms with Crippen LogP contribution in [-0.2, 0) is 11.3 Å². The van der Waals surface area contributed by atoms with Crippen molar-refractivity contribution in [3.63, 3.8) is 0 Å². The van der Waals surface area contributed by atoms with Crippen molar-refractivity contribution < 1.29 is 9.59 Å². The average Bonchev–Trinajstić information content (AvgIpc) is 2.44. The largest absolute Gasteiger partial charge is 0.325 e. The fraction of sp³-hybridized carbons (Fsp3) is 0.333. The number of rotatable bonds is 2. The van der Waals surface area contributed by atoms with E-state index in [1.807, 2.05) is 12.1 Å². The third-order valence-electron chi connectivity index (χ3n) is 2.95. The Hall–Kier alpha value is -1.55. The second-order valence-corrected chi connectivity index (χ2v) is 4.97. The van der Waals surface area contributed by atoms with Crippen LogP contribution >= 0.6 is 11.6 Å². The summed E-state index contributed by atoms with van der Waals surface area (Å²) in [7, 11) is 0. The van der Waals surface area contributed by atoms with Crippen LogP contribution in [0, 0.1) is 0 Å². The molecule has 0 spiro atoms. The average molecular weight is 253 g/mol. The van der Waals surface area contributed by atoms with Gasteiger partial charge in [0.05, 0.1) is 0 Å². The van der Waals surface area contributed by atoms with Crippen molar-refractivity contribution in [3.8, 4) is 0 Å². The van der Waals surface area contributed by atoms with Crippen LogP contribution in [0.5, 0.6) is 0 Å². The number of hydrogen-bond acceptors (Lipinski definition) is 2. The number of amides is 3. The molecule has 0 aliphatic carbocycles. The summed E-state index contributed by atoms with van der Waals surface area (Å²) in [6.07, 6.45) is 0. The van der Waals surface area contributed by atoms with Gasteiger partial charge in [-0.1, -0.05) is 23.7 Å². The summed E-state index contributed by atoms with van der Waals surface area (Å²) in [5, 5.41) is 2.96. The number of carbonyl (C=O) groups excluding carboxylic acids is 2. The zero-order valence-corrected chi connectivity index (χ0v) is 10.4. The minimum Gasteiger partial charge on any atom is -0.306 e. The quantitative estimate of drug-likeness (QED) is 0.820. The summed E-state index contributed by atoms with van der Waals surface area (Å²) >= 11 is 5.79. The fourth-order valence-electron chi connectivity index (χ4n) is 1.74. The standard InChI is InChI=1S/C12H13ClN2O2/c1-12(2)10(16)14-11(17)15(12)7-8-3-5-9(13)6-4-8/h3-6H,7H2,1-2H3,(H,14,16,17). The van der Waals surface area contributed by atoms with E-state index in [4.69, 9.17) is 11.6 Å². The van der Waals surface area contributed by atoms with Gasteiger partial charge in [-0.2, -0.15) is 0 Å². The summed E-state index contributed by atoms with van der Waals surface area (Å²) in [6, 6.07) is 6.86. The molecule has 5 heteroatoms. The molecule has 4 nitrogen and oxygen atoms in total. The van der Waals surface area contributed by atoms with Gasteiger partial charge in [0.2, 0.25) is 0 Å². The molecule has 1 saturated heterocycles. The highest BCUT2D eigenvalue weighted by molar-refractivity contribution is 6.30. The molecule has 1 heterocycles.